The molecule has 0 spiro atoms. The maximum Gasteiger partial charge on any atom is 0.220 e. The van der Waals surface area contributed by atoms with Crippen molar-refractivity contribution in [2.45, 2.75) is 25.0 Å². The van der Waals surface area contributed by atoms with Crippen LogP contribution in [0.4, 0.5) is 4.39 Å². The van der Waals surface area contributed by atoms with E-state index in [2.05, 4.69) is 41.8 Å². The molecule has 2 aromatic heterocycles. The molecule has 3 heterocycles. The van der Waals surface area contributed by atoms with Gasteiger partial charge in [0, 0.05) is 25.6 Å². The predicted octanol–water partition coefficient (Wildman–Crippen LogP) is 7.25. The van der Waals surface area contributed by atoms with Gasteiger partial charge in [0.1, 0.15) is 17.3 Å². The molecule has 0 saturated heterocycles. The lowest BCUT2D eigenvalue weighted by Gasteiger charge is -2.29. The molecular formula is C21H13Br2FN2OS. The van der Waals surface area contributed by atoms with Crippen LogP contribution in [-0.4, -0.2) is 9.55 Å². The minimum atomic E-state index is -0.418. The van der Waals surface area contributed by atoms with Crippen molar-refractivity contribution in [3.05, 3.63) is 67.2 Å². The highest BCUT2D eigenvalue weighted by atomic mass is 79.9. The summed E-state index contributed by atoms with van der Waals surface area (Å²) in [4.78, 5) is 4.87. The van der Waals surface area contributed by atoms with Crippen LogP contribution in [0.2, 0.25) is 0 Å². The molecule has 7 heteroatoms. The highest BCUT2D eigenvalue weighted by Crippen LogP contribution is 2.48. The number of aromatic nitrogens is 2. The predicted molar refractivity (Wildman–Crippen MR) is 116 cm³/mol. The molecule has 1 unspecified atom stereocenters. The Morgan fingerprint density at radius 2 is 1.96 bits per heavy atom. The van der Waals surface area contributed by atoms with E-state index in [0.29, 0.717) is 21.7 Å². The monoisotopic (exact) mass is 518 g/mol. The fraction of sp³-hybridized carbons (Fsp3) is 0.190. The van der Waals surface area contributed by atoms with Crippen LogP contribution in [0.1, 0.15) is 35.7 Å². The SMILES string of the molecule is Fc1cc(Br)cc2c1-c1cc3cc(Br)ccc3n1C(c1csc(C3CC3)n1)O2. The Hall–Kier alpha value is -1.70. The van der Waals surface area contributed by atoms with Gasteiger partial charge in [-0.25, -0.2) is 9.37 Å². The number of thiazole rings is 1. The van der Waals surface area contributed by atoms with Crippen LogP contribution >= 0.6 is 43.2 Å². The van der Waals surface area contributed by atoms with E-state index in [1.54, 1.807) is 11.3 Å². The molecule has 0 bridgehead atoms. The fourth-order valence-corrected chi connectivity index (χ4v) is 5.63. The van der Waals surface area contributed by atoms with Gasteiger partial charge in [-0.05, 0) is 49.2 Å². The average molecular weight is 520 g/mol. The van der Waals surface area contributed by atoms with E-state index in [0.717, 1.165) is 26.8 Å². The largest absolute Gasteiger partial charge is 0.463 e. The van der Waals surface area contributed by atoms with Gasteiger partial charge in [0.2, 0.25) is 6.23 Å². The van der Waals surface area contributed by atoms with E-state index in [-0.39, 0.29) is 5.82 Å². The van der Waals surface area contributed by atoms with Crippen LogP contribution in [0.5, 0.6) is 5.75 Å². The summed E-state index contributed by atoms with van der Waals surface area (Å²) in [5, 5.41) is 4.28. The standard InChI is InChI=1S/C21H13Br2FN2OS/c22-12-3-4-16-11(5-12)6-17-19-14(24)7-13(23)8-18(19)27-21(26(16)17)15-9-28-20(25-15)10-1-2-10/h3-10,21H,1-2H2. The number of hydrogen-bond donors (Lipinski definition) is 0. The molecule has 0 N–H and O–H groups in total. The molecule has 0 amide bonds. The number of ether oxygens (including phenoxy) is 1. The Kier molecular flexibility index (Phi) is 3.77. The van der Waals surface area contributed by atoms with Crippen molar-refractivity contribution >= 4 is 54.1 Å². The Morgan fingerprint density at radius 1 is 1.11 bits per heavy atom. The van der Waals surface area contributed by atoms with Crippen molar-refractivity contribution in [3.63, 3.8) is 0 Å². The summed E-state index contributed by atoms with van der Waals surface area (Å²) < 4.78 is 25.0. The number of hydrogen-bond acceptors (Lipinski definition) is 3. The van der Waals surface area contributed by atoms with Gasteiger partial charge in [-0.2, -0.15) is 0 Å². The number of fused-ring (bicyclic) bond motifs is 5. The molecule has 1 atom stereocenters. The van der Waals surface area contributed by atoms with Crippen LogP contribution in [0, 0.1) is 5.82 Å². The van der Waals surface area contributed by atoms with E-state index >= 15 is 0 Å². The summed E-state index contributed by atoms with van der Waals surface area (Å²) in [5.74, 6) is 0.827. The second-order valence-electron chi connectivity index (χ2n) is 7.22. The van der Waals surface area contributed by atoms with E-state index in [1.807, 2.05) is 30.3 Å². The zero-order chi connectivity index (χ0) is 19.0. The summed E-state index contributed by atoms with van der Waals surface area (Å²) in [6.07, 6.45) is 2.01. The van der Waals surface area contributed by atoms with Gasteiger partial charge in [0.05, 0.1) is 21.8 Å². The van der Waals surface area contributed by atoms with Crippen LogP contribution < -0.4 is 4.74 Å². The summed E-state index contributed by atoms with van der Waals surface area (Å²) in [6, 6.07) is 11.4. The molecular weight excluding hydrogens is 507 g/mol. The number of halogens is 3. The molecule has 4 aromatic rings. The second-order valence-corrected chi connectivity index (χ2v) is 9.94. The first-order chi connectivity index (χ1) is 13.6. The van der Waals surface area contributed by atoms with Crippen LogP contribution in [0.25, 0.3) is 22.2 Å². The van der Waals surface area contributed by atoms with Crippen molar-refractivity contribution in [3.8, 4) is 17.0 Å². The Bertz CT molecular complexity index is 1260. The third kappa shape index (κ3) is 2.60. The van der Waals surface area contributed by atoms with Crippen molar-refractivity contribution in [2.24, 2.45) is 0 Å². The fourth-order valence-electron chi connectivity index (χ4n) is 3.84. The highest BCUT2D eigenvalue weighted by Gasteiger charge is 2.34. The van der Waals surface area contributed by atoms with Crippen molar-refractivity contribution in [2.75, 3.05) is 0 Å². The molecule has 6 rings (SSSR count). The Balaban J connectivity index is 1.62. The van der Waals surface area contributed by atoms with Crippen LogP contribution in [0.3, 0.4) is 0 Å². The van der Waals surface area contributed by atoms with E-state index < -0.39 is 6.23 Å². The van der Waals surface area contributed by atoms with Gasteiger partial charge in [-0.3, -0.25) is 4.57 Å². The Labute approximate surface area is 181 Å². The molecule has 0 radical (unpaired) electrons. The Morgan fingerprint density at radius 3 is 2.79 bits per heavy atom. The molecule has 1 saturated carbocycles. The van der Waals surface area contributed by atoms with Gasteiger partial charge in [-0.1, -0.05) is 31.9 Å². The summed E-state index contributed by atoms with van der Waals surface area (Å²) in [5.41, 5.74) is 3.17. The normalized spacial score (nSPS) is 18.0. The van der Waals surface area contributed by atoms with Crippen molar-refractivity contribution in [1.29, 1.82) is 0 Å². The summed E-state index contributed by atoms with van der Waals surface area (Å²) >= 11 is 8.61. The van der Waals surface area contributed by atoms with E-state index in [1.165, 1.54) is 23.9 Å². The highest BCUT2D eigenvalue weighted by molar-refractivity contribution is 9.10. The van der Waals surface area contributed by atoms with Gasteiger partial charge >= 0.3 is 0 Å². The van der Waals surface area contributed by atoms with Gasteiger partial charge < -0.3 is 4.74 Å². The van der Waals surface area contributed by atoms with Crippen molar-refractivity contribution < 1.29 is 9.13 Å². The maximum absolute atomic E-state index is 14.9. The molecule has 140 valence electrons. The second kappa shape index (κ2) is 6.15. The van der Waals surface area contributed by atoms with Crippen LogP contribution in [0.15, 0.2) is 50.7 Å². The third-order valence-electron chi connectivity index (χ3n) is 5.27. The molecule has 1 fully saturated rings. The molecule has 28 heavy (non-hydrogen) atoms. The lowest BCUT2D eigenvalue weighted by Crippen LogP contribution is -2.23. The quantitative estimate of drug-likeness (QED) is 0.279. The number of nitrogens with zero attached hydrogens (tertiary/aromatic N) is 2. The van der Waals surface area contributed by atoms with Crippen molar-refractivity contribution in [1.82, 2.24) is 9.55 Å². The van der Waals surface area contributed by atoms with E-state index in [4.69, 9.17) is 9.72 Å². The van der Waals surface area contributed by atoms with Crippen LogP contribution in [-0.2, 0) is 0 Å². The maximum atomic E-state index is 14.9. The minimum Gasteiger partial charge on any atom is -0.463 e. The molecule has 1 aliphatic carbocycles. The van der Waals surface area contributed by atoms with Gasteiger partial charge in [0.25, 0.3) is 0 Å². The molecule has 1 aliphatic heterocycles. The first-order valence-electron chi connectivity index (χ1n) is 9.00. The molecule has 3 nitrogen and oxygen atoms in total. The first-order valence-corrected chi connectivity index (χ1v) is 11.5. The minimum absolute atomic E-state index is 0.303. The van der Waals surface area contributed by atoms with Gasteiger partial charge in [0.15, 0.2) is 0 Å². The summed E-state index contributed by atoms with van der Waals surface area (Å²) in [6.45, 7) is 0. The molecule has 2 aromatic carbocycles. The molecule has 2 aliphatic rings. The lowest BCUT2D eigenvalue weighted by atomic mass is 10.1. The topological polar surface area (TPSA) is 27.1 Å². The zero-order valence-corrected chi connectivity index (χ0v) is 18.4. The van der Waals surface area contributed by atoms with Gasteiger partial charge in [-0.15, -0.1) is 11.3 Å². The third-order valence-corrected chi connectivity index (χ3v) is 7.24. The number of rotatable bonds is 2. The summed E-state index contributed by atoms with van der Waals surface area (Å²) in [7, 11) is 0. The number of benzene rings is 2. The smallest absolute Gasteiger partial charge is 0.220 e. The lowest BCUT2D eigenvalue weighted by molar-refractivity contribution is 0.168. The van der Waals surface area contributed by atoms with E-state index in [9.17, 15) is 4.39 Å². The zero-order valence-electron chi connectivity index (χ0n) is 14.5. The first kappa shape index (κ1) is 17.2. The average Bonchev–Trinajstić information content (AvgIpc) is 3.26.